The van der Waals surface area contributed by atoms with Crippen LogP contribution in [-0.2, 0) is 27.5 Å². The number of aliphatic hydroxyl groups excluding tert-OH is 1. The molecule has 3 N–H and O–H groups in total. The van der Waals surface area contributed by atoms with Crippen molar-refractivity contribution in [2.45, 2.75) is 63.7 Å². The van der Waals surface area contributed by atoms with Gasteiger partial charge in [-0.1, -0.05) is 6.92 Å². The van der Waals surface area contributed by atoms with Crippen molar-refractivity contribution >= 4 is 29.4 Å². The van der Waals surface area contributed by atoms with Crippen molar-refractivity contribution in [3.05, 3.63) is 29.3 Å². The number of imidazole rings is 1. The minimum atomic E-state index is -1.08. The summed E-state index contributed by atoms with van der Waals surface area (Å²) in [5.41, 5.74) is 0.0866. The minimum absolute atomic E-state index is 0.0866. The maximum absolute atomic E-state index is 12.5. The fourth-order valence-corrected chi connectivity index (χ4v) is 6.54. The molecule has 31 heavy (non-hydrogen) atoms. The highest BCUT2D eigenvalue weighted by Gasteiger charge is 2.60. The summed E-state index contributed by atoms with van der Waals surface area (Å²) in [5.74, 6) is -1.92. The van der Waals surface area contributed by atoms with Gasteiger partial charge in [0.25, 0.3) is 0 Å². The molecule has 9 nitrogen and oxygen atoms in total. The average Bonchev–Trinajstić information content (AvgIpc) is 3.34. The van der Waals surface area contributed by atoms with Gasteiger partial charge in [-0.25, -0.2) is 13.9 Å². The fraction of sp³-hybridized carbons (Fsp3) is 0.619. The van der Waals surface area contributed by atoms with Crippen LogP contribution in [0.4, 0.5) is 0 Å². The van der Waals surface area contributed by atoms with Crippen LogP contribution in [0.3, 0.4) is 0 Å². The van der Waals surface area contributed by atoms with Crippen LogP contribution in [0.5, 0.6) is 0 Å². The lowest BCUT2D eigenvalue weighted by atomic mass is 9.79. The Morgan fingerprint density at radius 3 is 2.81 bits per heavy atom. The molecule has 3 aliphatic rings. The van der Waals surface area contributed by atoms with Crippen molar-refractivity contribution in [1.82, 2.24) is 14.8 Å². The number of carboxylic acid groups (broad SMARTS) is 1. The number of carbonyl (C=O) groups is 3. The highest BCUT2D eigenvalue weighted by molar-refractivity contribution is 8.03. The van der Waals surface area contributed by atoms with Gasteiger partial charge in [0.2, 0.25) is 12.2 Å². The number of aliphatic carboxylic acids is 1. The Hall–Kier alpha value is -2.17. The lowest BCUT2D eigenvalue weighted by Crippen LogP contribution is -2.63. The quantitative estimate of drug-likeness (QED) is 0.377. The van der Waals surface area contributed by atoms with Crippen LogP contribution in [0.15, 0.2) is 29.3 Å². The predicted molar refractivity (Wildman–Crippen MR) is 113 cm³/mol. The zero-order chi connectivity index (χ0) is 22.4. The smallest absolute Gasteiger partial charge is 0.353 e. The van der Waals surface area contributed by atoms with Gasteiger partial charge in [-0.3, -0.25) is 9.59 Å². The monoisotopic (exact) mass is 449 g/mol. The number of aromatic nitrogens is 2. The number of nitrogens with one attached hydrogen (secondary N) is 1. The topological polar surface area (TPSA) is 116 Å². The number of thioether (sulfide) groups is 1. The molecule has 3 aliphatic heterocycles. The highest BCUT2D eigenvalue weighted by Crippen LogP contribution is 2.51. The van der Waals surface area contributed by atoms with Crippen molar-refractivity contribution in [3.63, 3.8) is 0 Å². The summed E-state index contributed by atoms with van der Waals surface area (Å²) in [4.78, 5) is 37.8. The zero-order valence-electron chi connectivity index (χ0n) is 17.9. The molecule has 1 amide bonds. The molecule has 0 aliphatic carbocycles. The molecular weight excluding hydrogens is 420 g/mol. The number of fused-ring (bicyclic) bond motifs is 1. The lowest BCUT2D eigenvalue weighted by molar-refractivity contribution is -0.683. The van der Waals surface area contributed by atoms with Crippen molar-refractivity contribution < 1.29 is 29.2 Å². The van der Waals surface area contributed by atoms with E-state index in [1.54, 1.807) is 25.6 Å². The first kappa shape index (κ1) is 22.0. The molecule has 0 aromatic carbocycles. The second kappa shape index (κ2) is 8.40. The number of carbonyl (C=O) groups excluding carboxylic acids is 2. The van der Waals surface area contributed by atoms with Crippen molar-refractivity contribution in [1.29, 1.82) is 0 Å². The van der Waals surface area contributed by atoms with E-state index in [9.17, 15) is 24.6 Å². The number of β-lactam (4-membered cyclic amide) rings is 1. The number of hydrogen-bond donors (Lipinski definition) is 3. The Bertz CT molecular complexity index is 942. The second-order valence-electron chi connectivity index (χ2n) is 8.84. The van der Waals surface area contributed by atoms with Gasteiger partial charge in [0.1, 0.15) is 31.2 Å². The first-order valence-corrected chi connectivity index (χ1v) is 11.5. The van der Waals surface area contributed by atoms with Crippen LogP contribution in [0.25, 0.3) is 0 Å². The van der Waals surface area contributed by atoms with Crippen molar-refractivity contribution in [2.75, 3.05) is 6.54 Å². The average molecular weight is 450 g/mol. The SMILES string of the molecule is CC(=O)C[n+]1ccn(C[C@@H]2C[C@H](SC3=C(C(=O)O)N4C(=O)[C@H]([C@@H](C)O)[C@H]4[C@H]3C)CN2)c1. The van der Waals surface area contributed by atoms with E-state index in [0.29, 0.717) is 6.54 Å². The largest absolute Gasteiger partial charge is 0.477 e. The molecule has 1 aromatic heterocycles. The molecule has 0 saturated carbocycles. The van der Waals surface area contributed by atoms with Crippen molar-refractivity contribution in [2.24, 2.45) is 11.8 Å². The summed E-state index contributed by atoms with van der Waals surface area (Å²) in [5, 5.41) is 23.5. The van der Waals surface area contributed by atoms with Crippen LogP contribution < -0.4 is 9.88 Å². The van der Waals surface area contributed by atoms with E-state index in [0.717, 1.165) is 24.4 Å². The molecule has 4 heterocycles. The van der Waals surface area contributed by atoms with E-state index in [2.05, 4.69) is 5.32 Å². The first-order chi connectivity index (χ1) is 14.7. The summed E-state index contributed by atoms with van der Waals surface area (Å²) in [6, 6.07) is -0.0343. The predicted octanol–water partition coefficient (Wildman–Crippen LogP) is -0.0180. The lowest BCUT2D eigenvalue weighted by Gasteiger charge is -2.46. The molecule has 168 valence electrons. The number of hydrogen-bond acceptors (Lipinski definition) is 6. The number of carboxylic acids is 1. The molecule has 2 saturated heterocycles. The maximum atomic E-state index is 12.5. The zero-order valence-corrected chi connectivity index (χ0v) is 18.7. The fourth-order valence-electron chi connectivity index (χ4n) is 5.02. The molecule has 0 spiro atoms. The molecule has 10 heteroatoms. The van der Waals surface area contributed by atoms with Gasteiger partial charge in [0.05, 0.1) is 18.1 Å². The third-order valence-electron chi connectivity index (χ3n) is 6.37. The summed E-state index contributed by atoms with van der Waals surface area (Å²) < 4.78 is 3.90. The molecule has 0 unspecified atom stereocenters. The number of amides is 1. The molecule has 1 aromatic rings. The Balaban J connectivity index is 1.41. The third kappa shape index (κ3) is 4.04. The summed E-state index contributed by atoms with van der Waals surface area (Å²) in [7, 11) is 0. The minimum Gasteiger partial charge on any atom is -0.477 e. The standard InChI is InChI=1S/C21H28N4O5S/c1-11(26)8-23-4-5-24(10-23)9-14-6-15(7-22-14)31-19-12(2)17-16(13(3)27)20(28)25(17)18(19)21(29)30/h4-5,10,12-17,22,27H,6-9H2,1-3H3/p+1/t12-,13-,14+,15+,16-,17-/m1/s1. The summed E-state index contributed by atoms with van der Waals surface area (Å²) in [6.07, 6.45) is 5.83. The Morgan fingerprint density at radius 1 is 1.42 bits per heavy atom. The van der Waals surface area contributed by atoms with E-state index >= 15 is 0 Å². The molecule has 0 radical (unpaired) electrons. The molecule has 0 bridgehead atoms. The van der Waals surface area contributed by atoms with Crippen molar-refractivity contribution in [3.8, 4) is 0 Å². The Morgan fingerprint density at radius 2 is 2.16 bits per heavy atom. The summed E-state index contributed by atoms with van der Waals surface area (Å²) in [6.45, 7) is 6.98. The highest BCUT2D eigenvalue weighted by atomic mass is 32.2. The van der Waals surface area contributed by atoms with E-state index in [4.69, 9.17) is 0 Å². The molecular formula is C21H29N4O5S+. The van der Waals surface area contributed by atoms with E-state index < -0.39 is 18.0 Å². The van der Waals surface area contributed by atoms with Crippen LogP contribution in [-0.4, -0.2) is 67.3 Å². The van der Waals surface area contributed by atoms with Gasteiger partial charge in [0, 0.05) is 28.7 Å². The van der Waals surface area contributed by atoms with E-state index in [1.807, 2.05) is 34.8 Å². The Labute approximate surface area is 185 Å². The van der Waals surface area contributed by atoms with Gasteiger partial charge < -0.3 is 20.4 Å². The normalized spacial score (nSPS) is 31.0. The van der Waals surface area contributed by atoms with E-state index in [-0.39, 0.29) is 40.6 Å². The number of rotatable bonds is 8. The van der Waals surface area contributed by atoms with Gasteiger partial charge in [-0.2, -0.15) is 0 Å². The number of nitrogens with zero attached hydrogens (tertiary/aromatic N) is 3. The van der Waals surface area contributed by atoms with Crippen LogP contribution in [0.1, 0.15) is 27.2 Å². The molecule has 2 fully saturated rings. The van der Waals surface area contributed by atoms with Crippen LogP contribution in [0.2, 0.25) is 0 Å². The molecule has 6 atom stereocenters. The van der Waals surface area contributed by atoms with E-state index in [1.165, 1.54) is 4.90 Å². The Kier molecular flexibility index (Phi) is 5.97. The number of Topliss-reactive ketones (excluding diaryl/α,β-unsaturated/α-hetero) is 1. The van der Waals surface area contributed by atoms with Gasteiger partial charge in [-0.15, -0.1) is 11.8 Å². The first-order valence-electron chi connectivity index (χ1n) is 10.6. The molecule has 4 rings (SSSR count). The van der Waals surface area contributed by atoms with Gasteiger partial charge in [0.15, 0.2) is 5.78 Å². The number of ketones is 1. The van der Waals surface area contributed by atoms with Gasteiger partial charge in [-0.05, 0) is 20.3 Å². The van der Waals surface area contributed by atoms with Crippen LogP contribution in [0, 0.1) is 11.8 Å². The summed E-state index contributed by atoms with van der Waals surface area (Å²) >= 11 is 1.55. The van der Waals surface area contributed by atoms with Crippen LogP contribution >= 0.6 is 11.8 Å². The van der Waals surface area contributed by atoms with Gasteiger partial charge >= 0.3 is 5.97 Å². The third-order valence-corrected chi connectivity index (χ3v) is 7.88. The number of aliphatic hydroxyl groups is 1. The second-order valence-corrected chi connectivity index (χ2v) is 10.2. The maximum Gasteiger partial charge on any atom is 0.353 e.